The number of halogens is 1. The molecule has 0 atom stereocenters. The van der Waals surface area contributed by atoms with Crippen molar-refractivity contribution in [3.05, 3.63) is 0 Å². The first-order valence-electron chi connectivity index (χ1n) is 7.31. The van der Waals surface area contributed by atoms with Gasteiger partial charge >= 0.3 is 0 Å². The zero-order valence-electron chi connectivity index (χ0n) is 12.7. The fourth-order valence-corrected chi connectivity index (χ4v) is 2.24. The number of rotatable bonds is 6. The number of guanidine groups is 1. The Morgan fingerprint density at radius 2 is 1.95 bits per heavy atom. The number of nitrogens with one attached hydrogen (secondary N) is 1. The van der Waals surface area contributed by atoms with Gasteiger partial charge in [-0.1, -0.05) is 19.3 Å². The van der Waals surface area contributed by atoms with E-state index in [1.54, 1.807) is 0 Å². The van der Waals surface area contributed by atoms with E-state index in [1.807, 2.05) is 19.0 Å². The predicted octanol–water partition coefficient (Wildman–Crippen LogP) is 2.87. The lowest BCUT2D eigenvalue weighted by Crippen LogP contribution is -2.36. The number of hydrogen-bond donors (Lipinski definition) is 1. The zero-order chi connectivity index (χ0) is 13.2. The second kappa shape index (κ2) is 11.8. The lowest BCUT2D eigenvalue weighted by molar-refractivity contribution is 0.0281. The minimum absolute atomic E-state index is 0. The molecule has 0 aromatic heterocycles. The first-order valence-corrected chi connectivity index (χ1v) is 7.31. The van der Waals surface area contributed by atoms with Gasteiger partial charge in [-0.2, -0.15) is 0 Å². The molecular formula is C14H30IN3O. The molecule has 5 heteroatoms. The molecule has 1 saturated carbocycles. The number of hydrogen-bond acceptors (Lipinski definition) is 2. The molecule has 0 aromatic carbocycles. The van der Waals surface area contributed by atoms with Crippen LogP contribution in [0.3, 0.4) is 0 Å². The number of nitrogens with zero attached hydrogens (tertiary/aromatic N) is 2. The Balaban J connectivity index is 0.00000324. The Morgan fingerprint density at radius 3 is 2.53 bits per heavy atom. The number of ether oxygens (including phenoxy) is 1. The molecule has 1 aliphatic rings. The second-order valence-electron chi connectivity index (χ2n) is 5.11. The molecular weight excluding hydrogens is 353 g/mol. The Labute approximate surface area is 135 Å². The molecule has 1 aliphatic carbocycles. The molecule has 0 amide bonds. The molecule has 1 N–H and O–H groups in total. The minimum Gasteiger partial charge on any atom is -0.378 e. The van der Waals surface area contributed by atoms with Crippen LogP contribution in [0.4, 0.5) is 0 Å². The SMILES string of the molecule is CCNC(=NCCCOC1CCCCC1)N(C)C.I. The van der Waals surface area contributed by atoms with E-state index < -0.39 is 0 Å². The van der Waals surface area contributed by atoms with Gasteiger partial charge in [0.25, 0.3) is 0 Å². The van der Waals surface area contributed by atoms with Crippen molar-refractivity contribution in [2.75, 3.05) is 33.8 Å². The van der Waals surface area contributed by atoms with Crippen LogP contribution in [0.15, 0.2) is 4.99 Å². The van der Waals surface area contributed by atoms with Crippen LogP contribution in [-0.2, 0) is 4.74 Å². The van der Waals surface area contributed by atoms with E-state index in [9.17, 15) is 0 Å². The fourth-order valence-electron chi connectivity index (χ4n) is 2.24. The summed E-state index contributed by atoms with van der Waals surface area (Å²) in [5.41, 5.74) is 0. The summed E-state index contributed by atoms with van der Waals surface area (Å²) in [5, 5.41) is 3.26. The van der Waals surface area contributed by atoms with Crippen molar-refractivity contribution >= 4 is 29.9 Å². The minimum atomic E-state index is 0. The highest BCUT2D eigenvalue weighted by Crippen LogP contribution is 2.20. The van der Waals surface area contributed by atoms with Crippen molar-refractivity contribution in [1.29, 1.82) is 0 Å². The van der Waals surface area contributed by atoms with Crippen LogP contribution in [0.5, 0.6) is 0 Å². The van der Waals surface area contributed by atoms with E-state index in [2.05, 4.69) is 17.2 Å². The van der Waals surface area contributed by atoms with Crippen molar-refractivity contribution in [2.45, 2.75) is 51.6 Å². The maximum Gasteiger partial charge on any atom is 0.193 e. The lowest BCUT2D eigenvalue weighted by atomic mass is 9.98. The quantitative estimate of drug-likeness (QED) is 0.332. The van der Waals surface area contributed by atoms with Crippen LogP contribution in [0.25, 0.3) is 0 Å². The van der Waals surface area contributed by atoms with E-state index in [0.29, 0.717) is 6.10 Å². The van der Waals surface area contributed by atoms with Gasteiger partial charge in [-0.3, -0.25) is 4.99 Å². The average molecular weight is 383 g/mol. The smallest absolute Gasteiger partial charge is 0.193 e. The topological polar surface area (TPSA) is 36.9 Å². The molecule has 0 unspecified atom stereocenters. The molecule has 1 fully saturated rings. The molecule has 0 saturated heterocycles. The van der Waals surface area contributed by atoms with Gasteiger partial charge in [0.15, 0.2) is 5.96 Å². The molecule has 4 nitrogen and oxygen atoms in total. The Morgan fingerprint density at radius 1 is 1.26 bits per heavy atom. The van der Waals surface area contributed by atoms with E-state index in [1.165, 1.54) is 32.1 Å². The molecule has 114 valence electrons. The second-order valence-corrected chi connectivity index (χ2v) is 5.11. The summed E-state index contributed by atoms with van der Waals surface area (Å²) < 4.78 is 5.88. The molecule has 0 spiro atoms. The highest BCUT2D eigenvalue weighted by molar-refractivity contribution is 14.0. The maximum absolute atomic E-state index is 5.88. The molecule has 0 aromatic rings. The van der Waals surface area contributed by atoms with Gasteiger partial charge in [-0.25, -0.2) is 0 Å². The van der Waals surface area contributed by atoms with Crippen LogP contribution in [0.1, 0.15) is 45.4 Å². The van der Waals surface area contributed by atoms with Gasteiger partial charge in [-0.05, 0) is 26.2 Å². The summed E-state index contributed by atoms with van der Waals surface area (Å²) in [6, 6.07) is 0. The predicted molar refractivity (Wildman–Crippen MR) is 92.5 cm³/mol. The third-order valence-corrected chi connectivity index (χ3v) is 3.23. The van der Waals surface area contributed by atoms with Gasteiger partial charge in [0.2, 0.25) is 0 Å². The molecule has 0 bridgehead atoms. The fraction of sp³-hybridized carbons (Fsp3) is 0.929. The Hall–Kier alpha value is -0.0400. The average Bonchev–Trinajstić information content (AvgIpc) is 2.38. The summed E-state index contributed by atoms with van der Waals surface area (Å²) in [7, 11) is 4.03. The van der Waals surface area contributed by atoms with Crippen molar-refractivity contribution in [3.8, 4) is 0 Å². The summed E-state index contributed by atoms with van der Waals surface area (Å²) in [6.45, 7) is 4.69. The summed E-state index contributed by atoms with van der Waals surface area (Å²) >= 11 is 0. The van der Waals surface area contributed by atoms with Crippen molar-refractivity contribution in [3.63, 3.8) is 0 Å². The van der Waals surface area contributed by atoms with Crippen LogP contribution < -0.4 is 5.32 Å². The van der Waals surface area contributed by atoms with Crippen molar-refractivity contribution in [1.82, 2.24) is 10.2 Å². The zero-order valence-corrected chi connectivity index (χ0v) is 15.0. The first kappa shape index (κ1) is 19.0. The molecule has 0 aliphatic heterocycles. The van der Waals surface area contributed by atoms with Gasteiger partial charge in [-0.15, -0.1) is 24.0 Å². The van der Waals surface area contributed by atoms with Gasteiger partial charge < -0.3 is 15.0 Å². The summed E-state index contributed by atoms with van der Waals surface area (Å²) in [4.78, 5) is 6.57. The Bertz CT molecular complexity index is 241. The number of aliphatic imine (C=N–C) groups is 1. The molecule has 0 radical (unpaired) electrons. The molecule has 1 rings (SSSR count). The molecule has 0 heterocycles. The van der Waals surface area contributed by atoms with E-state index in [-0.39, 0.29) is 24.0 Å². The van der Waals surface area contributed by atoms with Crippen molar-refractivity contribution in [2.24, 2.45) is 4.99 Å². The third kappa shape index (κ3) is 8.68. The largest absolute Gasteiger partial charge is 0.378 e. The summed E-state index contributed by atoms with van der Waals surface area (Å²) in [6.07, 6.45) is 8.11. The van der Waals surface area contributed by atoms with Gasteiger partial charge in [0, 0.05) is 33.8 Å². The van der Waals surface area contributed by atoms with Crippen LogP contribution in [0, 0.1) is 0 Å². The van der Waals surface area contributed by atoms with E-state index in [4.69, 9.17) is 4.74 Å². The maximum atomic E-state index is 5.88. The van der Waals surface area contributed by atoms with Crippen LogP contribution in [0.2, 0.25) is 0 Å². The normalized spacial score (nSPS) is 16.9. The summed E-state index contributed by atoms with van der Waals surface area (Å²) in [5.74, 6) is 0.968. The molecule has 19 heavy (non-hydrogen) atoms. The standard InChI is InChI=1S/C14H29N3O.HI/c1-4-15-14(17(2)3)16-11-8-12-18-13-9-6-5-7-10-13;/h13H,4-12H2,1-3H3,(H,15,16);1H. The first-order chi connectivity index (χ1) is 8.74. The van der Waals surface area contributed by atoms with Crippen LogP contribution in [-0.4, -0.2) is 50.8 Å². The third-order valence-electron chi connectivity index (χ3n) is 3.23. The van der Waals surface area contributed by atoms with Crippen molar-refractivity contribution < 1.29 is 4.74 Å². The van der Waals surface area contributed by atoms with Gasteiger partial charge in [0.1, 0.15) is 0 Å². The van der Waals surface area contributed by atoms with Gasteiger partial charge in [0.05, 0.1) is 6.10 Å². The van der Waals surface area contributed by atoms with E-state index >= 15 is 0 Å². The highest BCUT2D eigenvalue weighted by Gasteiger charge is 2.12. The monoisotopic (exact) mass is 383 g/mol. The highest BCUT2D eigenvalue weighted by atomic mass is 127. The Kier molecular flexibility index (Phi) is 11.7. The van der Waals surface area contributed by atoms with Crippen LogP contribution >= 0.6 is 24.0 Å². The lowest BCUT2D eigenvalue weighted by Gasteiger charge is -2.21. The van der Waals surface area contributed by atoms with E-state index in [0.717, 1.165) is 32.1 Å².